The van der Waals surface area contributed by atoms with Crippen molar-refractivity contribution < 1.29 is 13.7 Å². The standard InChI is InChI=1S/C34H41N2Si.C30H35N2Si.C29H33N2Si/c1-24-31(26-13-7-8-14-26)22-28(25-11-5-6-12-25)23-32(24)34-30-17-16-29(21-27(30)18-20-36(34)2)37(3,4)33-15-9-10-19-35-33;1-21-18-25(23-10-6-7-11-23)20-28(22(21)2)30-27-14-13-26(19-24(27)15-17-32(30)3)33(4,5)29-12-8-9-16-31-29;1-21-12-13-23(22-9-5-6-10-22)20-27(21)29-26-15-14-25(19-24(26)16-18-31(29)2)32(3,4)28-11-7-8-17-30-28/h9-10,15-23,25-26H,5-8,11-14H2,1-4H3;8-9,12-20,23H,6-7,10-11H2,1-5H3;7-8,11-20,22H,5-6,9-10H2,1-4H3/q3*+1. The molecule has 0 spiro atoms. The molecule has 4 fully saturated rings. The van der Waals surface area contributed by atoms with Crippen LogP contribution >= 0.6 is 0 Å². The molecule has 16 rings (SSSR count). The largest absolute Gasteiger partial charge is 0.266 e. The van der Waals surface area contributed by atoms with E-state index in [1.54, 1.807) is 11.1 Å². The number of aromatic nitrogens is 6. The number of rotatable bonds is 13. The first-order chi connectivity index (χ1) is 49.2. The molecule has 4 saturated carbocycles. The average molecular weight is 1400 g/mol. The van der Waals surface area contributed by atoms with Crippen LogP contribution in [-0.4, -0.2) is 39.2 Å². The molecule has 520 valence electrons. The highest BCUT2D eigenvalue weighted by Gasteiger charge is 2.34. The number of benzene rings is 6. The van der Waals surface area contributed by atoms with Gasteiger partial charge in [0, 0.05) is 58.3 Å². The molecule has 0 amide bonds. The van der Waals surface area contributed by atoms with Gasteiger partial charge < -0.3 is 0 Å². The highest BCUT2D eigenvalue weighted by Crippen LogP contribution is 2.45. The van der Waals surface area contributed by atoms with Gasteiger partial charge in [0.1, 0.15) is 45.4 Å². The molecule has 12 aromatic rings. The summed E-state index contributed by atoms with van der Waals surface area (Å²) in [7, 11) is 1.04. The Hall–Kier alpha value is -8.35. The van der Waals surface area contributed by atoms with E-state index in [-0.39, 0.29) is 0 Å². The zero-order valence-electron chi connectivity index (χ0n) is 63.4. The highest BCUT2D eigenvalue weighted by molar-refractivity contribution is 7.01. The zero-order chi connectivity index (χ0) is 71.0. The number of fused-ring (bicyclic) bond motifs is 3. The van der Waals surface area contributed by atoms with Crippen molar-refractivity contribution in [3.8, 4) is 33.8 Å². The molecule has 0 aliphatic heterocycles. The van der Waals surface area contributed by atoms with Gasteiger partial charge in [0.25, 0.3) is 0 Å². The fourth-order valence-corrected chi connectivity index (χ4v) is 24.8. The Balaban J connectivity index is 0.000000130. The van der Waals surface area contributed by atoms with Crippen LogP contribution in [0.15, 0.2) is 207 Å². The first-order valence-electron chi connectivity index (χ1n) is 38.6. The van der Waals surface area contributed by atoms with Crippen LogP contribution in [0.2, 0.25) is 39.3 Å². The Morgan fingerprint density at radius 3 is 1.04 bits per heavy atom. The first-order valence-corrected chi connectivity index (χ1v) is 47.6. The van der Waals surface area contributed by atoms with Gasteiger partial charge in [0.15, 0.2) is 18.6 Å². The zero-order valence-corrected chi connectivity index (χ0v) is 66.4. The minimum absolute atomic E-state index is 0.722. The van der Waals surface area contributed by atoms with E-state index in [0.717, 1.165) is 23.7 Å². The Bertz CT molecular complexity index is 5020. The van der Waals surface area contributed by atoms with Crippen LogP contribution in [-0.2, 0) is 21.1 Å². The molecule has 6 nitrogen and oxygen atoms in total. The number of aryl methyl sites for hydroxylation is 5. The van der Waals surface area contributed by atoms with Gasteiger partial charge in [-0.25, -0.2) is 13.7 Å². The van der Waals surface area contributed by atoms with Crippen LogP contribution in [0, 0.1) is 27.7 Å². The average Bonchev–Trinajstić information content (AvgIpc) is 0.935. The Kier molecular flexibility index (Phi) is 20.6. The third-order valence-corrected chi connectivity index (χ3v) is 34.9. The normalized spacial score (nSPS) is 15.7. The SMILES string of the molecule is Cc1c(-c2c3ccc([Si](C)(C)c4ccccn4)cc3cc[n+]2C)cc(C2CCCC2)cc1C1CCCC1.Cc1cc(C2CCCC2)cc(-c2c3ccc([Si](C)(C)c4ccccn4)cc3cc[n+]2C)c1C.Cc1ccc(C2CCCC2)cc1-c1c2ccc([Si](C)(C)c3ccccn3)cc2cc[n+]1C. The Morgan fingerprint density at radius 2 is 0.657 bits per heavy atom. The van der Waals surface area contributed by atoms with E-state index >= 15 is 0 Å². The molecule has 0 radical (unpaired) electrons. The van der Waals surface area contributed by atoms with Crippen molar-refractivity contribution in [1.29, 1.82) is 0 Å². The summed E-state index contributed by atoms with van der Waals surface area (Å²) < 4.78 is 6.97. The van der Waals surface area contributed by atoms with Crippen molar-refractivity contribution in [3.05, 3.63) is 252 Å². The number of pyridine rings is 6. The predicted molar refractivity (Wildman–Crippen MR) is 438 cm³/mol. The molecule has 9 heteroatoms. The van der Waals surface area contributed by atoms with E-state index in [4.69, 9.17) is 15.0 Å². The third-order valence-electron chi connectivity index (χ3n) is 25.0. The second-order valence-electron chi connectivity index (χ2n) is 32.5. The van der Waals surface area contributed by atoms with Crippen LogP contribution < -0.4 is 45.2 Å². The second kappa shape index (κ2) is 29.8. The van der Waals surface area contributed by atoms with Crippen molar-refractivity contribution in [1.82, 2.24) is 15.0 Å². The van der Waals surface area contributed by atoms with Crippen molar-refractivity contribution in [3.63, 3.8) is 0 Å². The lowest BCUT2D eigenvalue weighted by Crippen LogP contribution is -2.54. The molecule has 6 aromatic carbocycles. The van der Waals surface area contributed by atoms with Gasteiger partial charge in [-0.05, 0) is 236 Å². The number of nitrogens with zero attached hydrogens (tertiary/aromatic N) is 6. The van der Waals surface area contributed by atoms with Gasteiger partial charge in [-0.2, -0.15) is 0 Å². The van der Waals surface area contributed by atoms with Gasteiger partial charge >= 0.3 is 0 Å². The monoisotopic (exact) mass is 1390 g/mol. The lowest BCUT2D eigenvalue weighted by atomic mass is 9.84. The van der Waals surface area contributed by atoms with Crippen molar-refractivity contribution >= 4 is 88.1 Å². The van der Waals surface area contributed by atoms with Gasteiger partial charge in [-0.1, -0.05) is 185 Å². The molecule has 4 aliphatic carbocycles. The summed E-state index contributed by atoms with van der Waals surface area (Å²) in [6.45, 7) is 23.6. The van der Waals surface area contributed by atoms with Crippen LogP contribution in [0.25, 0.3) is 66.1 Å². The lowest BCUT2D eigenvalue weighted by molar-refractivity contribution is -0.659. The van der Waals surface area contributed by atoms with Gasteiger partial charge in [-0.15, -0.1) is 0 Å². The quantitative estimate of drug-likeness (QED) is 0.0854. The van der Waals surface area contributed by atoms with E-state index in [1.165, 1.54) is 234 Å². The smallest absolute Gasteiger partial charge is 0.220 e. The molecule has 0 bridgehead atoms. The van der Waals surface area contributed by atoms with Crippen molar-refractivity contribution in [2.24, 2.45) is 21.1 Å². The summed E-state index contributed by atoms with van der Waals surface area (Å²) in [5.74, 6) is 2.92. The topological polar surface area (TPSA) is 50.3 Å². The predicted octanol–water partition coefficient (Wildman–Crippen LogP) is 18.5. The summed E-state index contributed by atoms with van der Waals surface area (Å²) >= 11 is 0. The maximum atomic E-state index is 4.75. The highest BCUT2D eigenvalue weighted by atomic mass is 28.3. The molecule has 0 saturated heterocycles. The molecule has 0 unspecified atom stereocenters. The molecule has 0 atom stereocenters. The van der Waals surface area contributed by atoms with E-state index in [1.807, 2.05) is 36.8 Å². The van der Waals surface area contributed by atoms with E-state index in [9.17, 15) is 0 Å². The van der Waals surface area contributed by atoms with E-state index in [2.05, 4.69) is 272 Å². The summed E-state index contributed by atoms with van der Waals surface area (Å²) in [5, 5.41) is 16.0. The maximum absolute atomic E-state index is 4.75. The van der Waals surface area contributed by atoms with Gasteiger partial charge in [0.05, 0.1) is 27.3 Å². The summed E-state index contributed by atoms with van der Waals surface area (Å²) in [5.41, 5.74) is 20.2. The van der Waals surface area contributed by atoms with Crippen LogP contribution in [0.4, 0.5) is 0 Å². The number of hydrogen-bond donors (Lipinski definition) is 0. The molecule has 102 heavy (non-hydrogen) atoms. The molecule has 4 aliphatic rings. The fourth-order valence-electron chi connectivity index (χ4n) is 18.1. The summed E-state index contributed by atoms with van der Waals surface area (Å²) in [6, 6.07) is 64.5. The van der Waals surface area contributed by atoms with Crippen LogP contribution in [0.5, 0.6) is 0 Å². The molecule has 6 heterocycles. The third kappa shape index (κ3) is 14.2. The van der Waals surface area contributed by atoms with Crippen LogP contribution in [0.3, 0.4) is 0 Å². The maximum Gasteiger partial charge on any atom is 0.220 e. The molecule has 6 aromatic heterocycles. The van der Waals surface area contributed by atoms with Crippen molar-refractivity contribution in [2.75, 3.05) is 0 Å². The first kappa shape index (κ1) is 70.7. The van der Waals surface area contributed by atoms with Crippen molar-refractivity contribution in [2.45, 2.75) is 193 Å². The molecular formula is C93H109N6Si3+3. The lowest BCUT2D eigenvalue weighted by Gasteiger charge is -2.23. The summed E-state index contributed by atoms with van der Waals surface area (Å²) in [6.07, 6.45) is 34.3. The summed E-state index contributed by atoms with van der Waals surface area (Å²) in [4.78, 5) is 14.2. The Labute approximate surface area is 612 Å². The fraction of sp³-hybridized carbons (Fsp3) is 0.355. The Morgan fingerprint density at radius 1 is 0.314 bits per heavy atom. The van der Waals surface area contributed by atoms with E-state index < -0.39 is 24.2 Å². The second-order valence-corrected chi connectivity index (χ2v) is 45.6. The van der Waals surface area contributed by atoms with Gasteiger partial charge in [-0.3, -0.25) is 15.0 Å². The van der Waals surface area contributed by atoms with Crippen LogP contribution in [0.1, 0.15) is 171 Å². The van der Waals surface area contributed by atoms with Gasteiger partial charge in [0.2, 0.25) is 17.1 Å². The number of hydrogen-bond acceptors (Lipinski definition) is 3. The van der Waals surface area contributed by atoms with E-state index in [0.29, 0.717) is 0 Å². The minimum Gasteiger partial charge on any atom is -0.266 e. The molecular weight excluding hydrogens is 1290 g/mol. The molecule has 0 N–H and O–H groups in total. The minimum atomic E-state index is -1.87.